The van der Waals surface area contributed by atoms with E-state index in [9.17, 15) is 4.79 Å². The third-order valence-electron chi connectivity index (χ3n) is 2.05. The molecule has 0 aromatic rings. The average Bonchev–Trinajstić information content (AvgIpc) is 1.98. The first kappa shape index (κ1) is 13.2. The van der Waals surface area contributed by atoms with Crippen LogP contribution in [0.4, 0.5) is 4.79 Å². The summed E-state index contributed by atoms with van der Waals surface area (Å²) in [5.74, 6) is 0. The third-order valence-corrected chi connectivity index (χ3v) is 2.05. The zero-order valence-electron chi connectivity index (χ0n) is 9.66. The third kappa shape index (κ3) is 3.96. The van der Waals surface area contributed by atoms with E-state index in [0.29, 0.717) is 6.54 Å². The van der Waals surface area contributed by atoms with Crippen molar-refractivity contribution >= 4 is 6.09 Å². The summed E-state index contributed by atoms with van der Waals surface area (Å²) >= 11 is 0. The van der Waals surface area contributed by atoms with Crippen molar-refractivity contribution in [3.05, 3.63) is 0 Å². The Kier molecular flexibility index (Phi) is 3.94. The number of hydrogen-bond acceptors (Lipinski definition) is 2. The summed E-state index contributed by atoms with van der Waals surface area (Å²) < 4.78 is 0. The van der Waals surface area contributed by atoms with Gasteiger partial charge in [0.05, 0.1) is 0 Å². The molecule has 0 heterocycles. The maximum absolute atomic E-state index is 11.0. The van der Waals surface area contributed by atoms with Gasteiger partial charge in [0, 0.05) is 24.1 Å². The first-order chi connectivity index (χ1) is 6.10. The number of nitrogens with zero attached hydrogens (tertiary/aromatic N) is 1. The van der Waals surface area contributed by atoms with Crippen molar-refractivity contribution in [2.45, 2.75) is 40.2 Å². The van der Waals surface area contributed by atoms with Crippen LogP contribution in [0.25, 0.3) is 0 Å². The maximum Gasteiger partial charge on any atom is 0.407 e. The summed E-state index contributed by atoms with van der Waals surface area (Å²) in [6.07, 6.45) is -0.945. The van der Waals surface area contributed by atoms with Crippen molar-refractivity contribution in [1.82, 2.24) is 4.90 Å². The van der Waals surface area contributed by atoms with Gasteiger partial charge in [-0.25, -0.2) is 4.79 Å². The van der Waals surface area contributed by atoms with Crippen LogP contribution in [-0.2, 0) is 0 Å². The Morgan fingerprint density at radius 1 is 1.21 bits per heavy atom. The van der Waals surface area contributed by atoms with Crippen LogP contribution in [0, 0.1) is 5.41 Å². The predicted molar refractivity (Wildman–Crippen MR) is 55.4 cm³/mol. The molecule has 0 aliphatic carbocycles. The topological polar surface area (TPSA) is 60.8 Å². The summed E-state index contributed by atoms with van der Waals surface area (Å²) in [4.78, 5) is 12.3. The first-order valence-corrected chi connectivity index (χ1v) is 4.71. The molecule has 0 aromatic heterocycles. The Bertz CT molecular complexity index is 206. The number of carboxylic acid groups (broad SMARTS) is 1. The molecule has 2 N–H and O–H groups in total. The lowest BCUT2D eigenvalue weighted by atomic mass is 9.92. The molecular weight excluding hydrogens is 182 g/mol. The lowest BCUT2D eigenvalue weighted by Crippen LogP contribution is -2.50. The number of carbonyl (C=O) groups is 1. The average molecular weight is 203 g/mol. The van der Waals surface area contributed by atoms with Gasteiger partial charge in [-0.3, -0.25) is 0 Å². The summed E-state index contributed by atoms with van der Waals surface area (Å²) in [5.41, 5.74) is -0.829. The van der Waals surface area contributed by atoms with E-state index in [0.717, 1.165) is 0 Å². The minimum Gasteiger partial charge on any atom is -0.465 e. The van der Waals surface area contributed by atoms with Crippen LogP contribution in [-0.4, -0.2) is 39.9 Å². The van der Waals surface area contributed by atoms with Gasteiger partial charge in [0.2, 0.25) is 0 Å². The van der Waals surface area contributed by atoms with E-state index in [2.05, 4.69) is 0 Å². The van der Waals surface area contributed by atoms with Gasteiger partial charge in [-0.05, 0) is 20.8 Å². The fourth-order valence-corrected chi connectivity index (χ4v) is 1.07. The van der Waals surface area contributed by atoms with Crippen molar-refractivity contribution in [2.24, 2.45) is 5.41 Å². The van der Waals surface area contributed by atoms with Crippen molar-refractivity contribution in [2.75, 3.05) is 13.2 Å². The second-order valence-corrected chi connectivity index (χ2v) is 5.36. The van der Waals surface area contributed by atoms with E-state index < -0.39 is 17.0 Å². The summed E-state index contributed by atoms with van der Waals surface area (Å²) in [6, 6.07) is 0. The molecule has 0 saturated heterocycles. The molecular formula is C10H21NO3. The van der Waals surface area contributed by atoms with Crippen LogP contribution in [0.3, 0.4) is 0 Å². The normalized spacial score (nSPS) is 12.7. The van der Waals surface area contributed by atoms with Crippen molar-refractivity contribution in [3.63, 3.8) is 0 Å². The molecule has 0 atom stereocenters. The lowest BCUT2D eigenvalue weighted by Gasteiger charge is -2.38. The number of aliphatic hydroxyl groups is 1. The van der Waals surface area contributed by atoms with Crippen LogP contribution < -0.4 is 0 Å². The number of hydrogen-bond donors (Lipinski definition) is 2. The molecule has 0 saturated carbocycles. The molecule has 0 fully saturated rings. The minimum absolute atomic E-state index is 0.0210. The van der Waals surface area contributed by atoms with Gasteiger partial charge in [-0.1, -0.05) is 13.8 Å². The van der Waals surface area contributed by atoms with Crippen LogP contribution in [0.2, 0.25) is 0 Å². The maximum atomic E-state index is 11.0. The second kappa shape index (κ2) is 4.17. The van der Waals surface area contributed by atoms with E-state index >= 15 is 0 Å². The molecule has 0 aliphatic rings. The zero-order chi connectivity index (χ0) is 11.6. The monoisotopic (exact) mass is 203 g/mol. The first-order valence-electron chi connectivity index (χ1n) is 4.71. The molecule has 84 valence electrons. The smallest absolute Gasteiger partial charge is 0.407 e. The number of aliphatic hydroxyl groups excluding tert-OH is 1. The molecule has 0 spiro atoms. The molecule has 0 unspecified atom stereocenters. The highest BCUT2D eigenvalue weighted by Gasteiger charge is 2.31. The SMILES string of the molecule is CC(C)(CO)CN(C(=O)O)C(C)(C)C. The molecule has 4 nitrogen and oxygen atoms in total. The van der Waals surface area contributed by atoms with Gasteiger partial charge >= 0.3 is 6.09 Å². The fourth-order valence-electron chi connectivity index (χ4n) is 1.07. The second-order valence-electron chi connectivity index (χ2n) is 5.36. The standard InChI is InChI=1S/C10H21NO3/c1-9(2,3)11(8(13)14)6-10(4,5)7-12/h12H,6-7H2,1-5H3,(H,13,14). The Labute approximate surface area is 85.5 Å². The van der Waals surface area contributed by atoms with Gasteiger partial charge in [0.15, 0.2) is 0 Å². The Morgan fingerprint density at radius 2 is 1.64 bits per heavy atom. The Balaban J connectivity index is 4.64. The highest BCUT2D eigenvalue weighted by atomic mass is 16.4. The molecule has 14 heavy (non-hydrogen) atoms. The van der Waals surface area contributed by atoms with E-state index in [-0.39, 0.29) is 6.61 Å². The largest absolute Gasteiger partial charge is 0.465 e. The molecule has 4 heteroatoms. The molecule has 0 aromatic carbocycles. The summed E-state index contributed by atoms with van der Waals surface area (Å²) in [5, 5.41) is 18.1. The summed E-state index contributed by atoms with van der Waals surface area (Å²) in [6.45, 7) is 9.52. The van der Waals surface area contributed by atoms with E-state index in [1.54, 1.807) is 0 Å². The molecule has 0 radical (unpaired) electrons. The van der Waals surface area contributed by atoms with E-state index in [4.69, 9.17) is 10.2 Å². The van der Waals surface area contributed by atoms with Gasteiger partial charge < -0.3 is 15.1 Å². The Hall–Kier alpha value is -0.770. The number of rotatable bonds is 3. The quantitative estimate of drug-likeness (QED) is 0.735. The van der Waals surface area contributed by atoms with E-state index in [1.807, 2.05) is 34.6 Å². The highest BCUT2D eigenvalue weighted by Crippen LogP contribution is 2.22. The minimum atomic E-state index is -0.945. The zero-order valence-corrected chi connectivity index (χ0v) is 9.66. The fraction of sp³-hybridized carbons (Fsp3) is 0.900. The summed E-state index contributed by atoms with van der Waals surface area (Å²) in [7, 11) is 0. The van der Waals surface area contributed by atoms with Gasteiger partial charge in [0.25, 0.3) is 0 Å². The van der Waals surface area contributed by atoms with Crippen molar-refractivity contribution in [1.29, 1.82) is 0 Å². The van der Waals surface area contributed by atoms with Crippen LogP contribution >= 0.6 is 0 Å². The van der Waals surface area contributed by atoms with Crippen molar-refractivity contribution < 1.29 is 15.0 Å². The van der Waals surface area contributed by atoms with Crippen molar-refractivity contribution in [3.8, 4) is 0 Å². The number of amides is 1. The molecule has 1 amide bonds. The van der Waals surface area contributed by atoms with Gasteiger partial charge in [0.1, 0.15) is 0 Å². The Morgan fingerprint density at radius 3 is 1.86 bits per heavy atom. The lowest BCUT2D eigenvalue weighted by molar-refractivity contribution is 0.0509. The van der Waals surface area contributed by atoms with Gasteiger partial charge in [-0.2, -0.15) is 0 Å². The molecule has 0 bridgehead atoms. The molecule has 0 rings (SSSR count). The van der Waals surface area contributed by atoms with Crippen LogP contribution in [0.1, 0.15) is 34.6 Å². The van der Waals surface area contributed by atoms with Gasteiger partial charge in [-0.15, -0.1) is 0 Å². The van der Waals surface area contributed by atoms with E-state index in [1.165, 1.54) is 4.90 Å². The highest BCUT2D eigenvalue weighted by molar-refractivity contribution is 5.66. The van der Waals surface area contributed by atoms with Crippen LogP contribution in [0.15, 0.2) is 0 Å². The molecule has 0 aliphatic heterocycles. The van der Waals surface area contributed by atoms with Crippen LogP contribution in [0.5, 0.6) is 0 Å². The predicted octanol–water partition coefficient (Wildman–Crippen LogP) is 1.78.